The Morgan fingerprint density at radius 2 is 1.92 bits per heavy atom. The molecule has 0 atom stereocenters. The second kappa shape index (κ2) is 3.96. The van der Waals surface area contributed by atoms with Crippen LogP contribution in [-0.2, 0) is 9.84 Å². The van der Waals surface area contributed by atoms with Gasteiger partial charge in [-0.25, -0.2) is 8.42 Å². The van der Waals surface area contributed by atoms with Gasteiger partial charge in [-0.15, -0.1) is 0 Å². The van der Waals surface area contributed by atoms with Crippen LogP contribution in [0, 0.1) is 5.41 Å². The van der Waals surface area contributed by atoms with Crippen LogP contribution in [0.1, 0.15) is 32.6 Å². The number of hydrogen-bond donors (Lipinski definition) is 1. The van der Waals surface area contributed by atoms with Gasteiger partial charge in [0.2, 0.25) is 0 Å². The minimum Gasteiger partial charge on any atom is -0.396 e. The van der Waals surface area contributed by atoms with Crippen molar-refractivity contribution in [3.63, 3.8) is 0 Å². The van der Waals surface area contributed by atoms with Crippen molar-refractivity contribution in [1.29, 1.82) is 0 Å². The minimum atomic E-state index is -2.85. The van der Waals surface area contributed by atoms with Gasteiger partial charge in [0.05, 0.1) is 5.75 Å². The van der Waals surface area contributed by atoms with E-state index in [1.165, 1.54) is 0 Å². The highest BCUT2D eigenvalue weighted by molar-refractivity contribution is 7.91. The fraction of sp³-hybridized carbons (Fsp3) is 1.00. The molecule has 0 amide bonds. The second-order valence-corrected chi connectivity index (χ2v) is 6.36. The highest BCUT2D eigenvalue weighted by Crippen LogP contribution is 2.48. The van der Waals surface area contributed by atoms with Crippen LogP contribution >= 0.6 is 0 Å². The molecule has 1 fully saturated rings. The number of rotatable bonds is 6. The fourth-order valence-electron chi connectivity index (χ4n) is 1.45. The zero-order chi connectivity index (χ0) is 9.95. The van der Waals surface area contributed by atoms with Crippen molar-refractivity contribution in [3.05, 3.63) is 0 Å². The quantitative estimate of drug-likeness (QED) is 0.704. The largest absolute Gasteiger partial charge is 0.396 e. The molecule has 1 aliphatic carbocycles. The third kappa shape index (κ3) is 3.27. The summed E-state index contributed by atoms with van der Waals surface area (Å²) in [6.07, 6.45) is 3.32. The molecule has 0 bridgehead atoms. The van der Waals surface area contributed by atoms with Crippen molar-refractivity contribution in [2.75, 3.05) is 18.1 Å². The lowest BCUT2D eigenvalue weighted by Gasteiger charge is -2.10. The first-order valence-corrected chi connectivity index (χ1v) is 6.67. The summed E-state index contributed by atoms with van der Waals surface area (Å²) >= 11 is 0. The van der Waals surface area contributed by atoms with Gasteiger partial charge in [0.1, 0.15) is 9.84 Å². The third-order valence-corrected chi connectivity index (χ3v) is 4.61. The predicted octanol–water partition coefficient (Wildman–Crippen LogP) is 0.974. The zero-order valence-corrected chi connectivity index (χ0v) is 8.94. The topological polar surface area (TPSA) is 54.4 Å². The highest BCUT2D eigenvalue weighted by Gasteiger charge is 2.42. The van der Waals surface area contributed by atoms with E-state index >= 15 is 0 Å². The average molecular weight is 206 g/mol. The van der Waals surface area contributed by atoms with Gasteiger partial charge in [0, 0.05) is 12.4 Å². The van der Waals surface area contributed by atoms with Crippen molar-refractivity contribution < 1.29 is 13.5 Å². The Balaban J connectivity index is 2.33. The molecule has 0 saturated heterocycles. The SMILES string of the molecule is CCCS(=O)(=O)CCC1(CO)CC1. The number of aliphatic hydroxyl groups is 1. The number of sulfone groups is 1. The Labute approximate surface area is 80.1 Å². The molecule has 13 heavy (non-hydrogen) atoms. The Morgan fingerprint density at radius 1 is 1.31 bits per heavy atom. The van der Waals surface area contributed by atoms with E-state index in [-0.39, 0.29) is 23.5 Å². The summed E-state index contributed by atoms with van der Waals surface area (Å²) in [6, 6.07) is 0. The lowest BCUT2D eigenvalue weighted by molar-refractivity contribution is 0.208. The first-order chi connectivity index (χ1) is 6.04. The summed E-state index contributed by atoms with van der Waals surface area (Å²) < 4.78 is 22.7. The minimum absolute atomic E-state index is 0.0270. The number of hydrogen-bond acceptors (Lipinski definition) is 3. The molecule has 4 heteroatoms. The summed E-state index contributed by atoms with van der Waals surface area (Å²) in [6.45, 7) is 2.02. The fourth-order valence-corrected chi connectivity index (χ4v) is 3.02. The molecule has 0 spiro atoms. The molecule has 3 nitrogen and oxygen atoms in total. The summed E-state index contributed by atoms with van der Waals surface area (Å²) in [5, 5.41) is 8.99. The molecule has 0 aliphatic heterocycles. The molecule has 0 radical (unpaired) electrons. The monoisotopic (exact) mass is 206 g/mol. The first kappa shape index (κ1) is 11.0. The summed E-state index contributed by atoms with van der Waals surface area (Å²) in [5.74, 6) is 0.538. The van der Waals surface area contributed by atoms with Gasteiger partial charge in [-0.05, 0) is 31.1 Å². The molecule has 1 N–H and O–H groups in total. The smallest absolute Gasteiger partial charge is 0.150 e. The Kier molecular flexibility index (Phi) is 3.35. The highest BCUT2D eigenvalue weighted by atomic mass is 32.2. The molecule has 1 aliphatic rings. The van der Waals surface area contributed by atoms with E-state index < -0.39 is 9.84 Å². The van der Waals surface area contributed by atoms with Crippen molar-refractivity contribution in [1.82, 2.24) is 0 Å². The van der Waals surface area contributed by atoms with Crippen LogP contribution < -0.4 is 0 Å². The molecule has 0 unspecified atom stereocenters. The molecule has 0 aromatic carbocycles. The summed E-state index contributed by atoms with van der Waals surface area (Å²) in [4.78, 5) is 0. The van der Waals surface area contributed by atoms with Crippen LogP contribution in [0.25, 0.3) is 0 Å². The maximum atomic E-state index is 11.3. The summed E-state index contributed by atoms with van der Waals surface area (Å²) in [7, 11) is -2.85. The van der Waals surface area contributed by atoms with E-state index in [1.807, 2.05) is 6.92 Å². The average Bonchev–Trinajstić information content (AvgIpc) is 2.82. The van der Waals surface area contributed by atoms with Crippen LogP contribution in [0.5, 0.6) is 0 Å². The lowest BCUT2D eigenvalue weighted by Crippen LogP contribution is -2.16. The van der Waals surface area contributed by atoms with Gasteiger partial charge in [-0.1, -0.05) is 6.92 Å². The van der Waals surface area contributed by atoms with Gasteiger partial charge >= 0.3 is 0 Å². The Bertz CT molecular complexity index is 252. The van der Waals surface area contributed by atoms with Gasteiger partial charge in [0.15, 0.2) is 0 Å². The van der Waals surface area contributed by atoms with Crippen LogP contribution in [-0.4, -0.2) is 31.6 Å². The Hall–Kier alpha value is -0.0900. The van der Waals surface area contributed by atoms with Crippen LogP contribution in [0.3, 0.4) is 0 Å². The van der Waals surface area contributed by atoms with E-state index in [0.717, 1.165) is 12.8 Å². The standard InChI is InChI=1S/C9H18O3S/c1-2-6-13(11,12)7-5-9(8-10)3-4-9/h10H,2-8H2,1H3. The first-order valence-electron chi connectivity index (χ1n) is 4.85. The molecule has 1 rings (SSSR count). The zero-order valence-electron chi connectivity index (χ0n) is 8.12. The van der Waals surface area contributed by atoms with Crippen molar-refractivity contribution in [2.24, 2.45) is 5.41 Å². The third-order valence-electron chi connectivity index (χ3n) is 2.75. The van der Waals surface area contributed by atoms with Gasteiger partial charge in [-0.2, -0.15) is 0 Å². The normalized spacial score (nSPS) is 20.2. The van der Waals surface area contributed by atoms with Gasteiger partial charge in [0.25, 0.3) is 0 Å². The maximum absolute atomic E-state index is 11.3. The molecule has 0 heterocycles. The summed E-state index contributed by atoms with van der Waals surface area (Å²) in [5.41, 5.74) is -0.0270. The molecule has 0 aromatic rings. The van der Waals surface area contributed by atoms with Crippen molar-refractivity contribution in [3.8, 4) is 0 Å². The van der Waals surface area contributed by atoms with E-state index in [9.17, 15) is 8.42 Å². The van der Waals surface area contributed by atoms with E-state index in [0.29, 0.717) is 12.8 Å². The molecule has 78 valence electrons. The van der Waals surface area contributed by atoms with Crippen molar-refractivity contribution in [2.45, 2.75) is 32.6 Å². The van der Waals surface area contributed by atoms with Gasteiger partial charge in [-0.3, -0.25) is 0 Å². The van der Waals surface area contributed by atoms with Crippen LogP contribution in [0.15, 0.2) is 0 Å². The maximum Gasteiger partial charge on any atom is 0.150 e. The molecule has 0 aromatic heterocycles. The van der Waals surface area contributed by atoms with E-state index in [4.69, 9.17) is 5.11 Å². The van der Waals surface area contributed by atoms with Crippen molar-refractivity contribution >= 4 is 9.84 Å². The van der Waals surface area contributed by atoms with E-state index in [2.05, 4.69) is 0 Å². The van der Waals surface area contributed by atoms with Gasteiger partial charge < -0.3 is 5.11 Å². The predicted molar refractivity (Wildman–Crippen MR) is 52.3 cm³/mol. The molecular formula is C9H18O3S. The lowest BCUT2D eigenvalue weighted by atomic mass is 10.1. The Morgan fingerprint density at radius 3 is 2.31 bits per heavy atom. The number of aliphatic hydroxyl groups excluding tert-OH is 1. The van der Waals surface area contributed by atoms with E-state index in [1.54, 1.807) is 0 Å². The van der Waals surface area contributed by atoms with Crippen LogP contribution in [0.2, 0.25) is 0 Å². The second-order valence-electron chi connectivity index (χ2n) is 4.06. The molecule has 1 saturated carbocycles. The molecular weight excluding hydrogens is 188 g/mol. The van der Waals surface area contributed by atoms with Crippen LogP contribution in [0.4, 0.5) is 0 Å².